The van der Waals surface area contributed by atoms with Gasteiger partial charge in [0.05, 0.1) is 0 Å². The highest BCUT2D eigenvalue weighted by Crippen LogP contribution is 2.40. The number of hydrogen-bond donors (Lipinski definition) is 1. The van der Waals surface area contributed by atoms with Crippen LogP contribution >= 0.6 is 11.8 Å². The van der Waals surface area contributed by atoms with Gasteiger partial charge >= 0.3 is 0 Å². The van der Waals surface area contributed by atoms with Crippen molar-refractivity contribution in [3.05, 3.63) is 11.4 Å². The van der Waals surface area contributed by atoms with Gasteiger partial charge in [-0.1, -0.05) is 6.92 Å². The van der Waals surface area contributed by atoms with E-state index in [1.54, 1.807) is 0 Å². The van der Waals surface area contributed by atoms with Gasteiger partial charge in [-0.3, -0.25) is 0 Å². The van der Waals surface area contributed by atoms with Gasteiger partial charge in [0.2, 0.25) is 0 Å². The molecule has 1 N–H and O–H groups in total. The molecule has 20 heavy (non-hydrogen) atoms. The number of nitrogens with one attached hydrogen (secondary N) is 1. The van der Waals surface area contributed by atoms with E-state index >= 15 is 0 Å². The molecule has 2 aliphatic rings. The van der Waals surface area contributed by atoms with E-state index in [1.165, 1.54) is 24.2 Å². The molecule has 1 aromatic heterocycles. The molecule has 0 spiro atoms. The summed E-state index contributed by atoms with van der Waals surface area (Å²) in [7, 11) is 0. The van der Waals surface area contributed by atoms with Crippen LogP contribution in [-0.2, 0) is 0 Å². The van der Waals surface area contributed by atoms with Crippen LogP contribution in [0.15, 0.2) is 0 Å². The molecule has 1 atom stereocenters. The van der Waals surface area contributed by atoms with E-state index in [-0.39, 0.29) is 0 Å². The van der Waals surface area contributed by atoms with Gasteiger partial charge in [0, 0.05) is 42.1 Å². The van der Waals surface area contributed by atoms with E-state index in [2.05, 4.69) is 42.7 Å². The van der Waals surface area contributed by atoms with Gasteiger partial charge in [-0.25, -0.2) is 9.97 Å². The quantitative estimate of drug-likeness (QED) is 0.924. The monoisotopic (exact) mass is 292 g/mol. The van der Waals surface area contributed by atoms with Crippen molar-refractivity contribution in [3.8, 4) is 0 Å². The fourth-order valence-electron chi connectivity index (χ4n) is 2.70. The molecule has 1 aliphatic heterocycles. The predicted octanol–water partition coefficient (Wildman–Crippen LogP) is 3.04. The molecule has 4 nitrogen and oxygen atoms in total. The Bertz CT molecular complexity index is 487. The van der Waals surface area contributed by atoms with Crippen LogP contribution in [0.3, 0.4) is 0 Å². The summed E-state index contributed by atoms with van der Waals surface area (Å²) in [6.45, 7) is 9.68. The van der Waals surface area contributed by atoms with Gasteiger partial charge in [0.15, 0.2) is 0 Å². The number of hydrogen-bond acceptors (Lipinski definition) is 5. The van der Waals surface area contributed by atoms with E-state index in [9.17, 15) is 0 Å². The van der Waals surface area contributed by atoms with Crippen LogP contribution in [0.5, 0.6) is 0 Å². The maximum atomic E-state index is 4.90. The van der Waals surface area contributed by atoms with Crippen molar-refractivity contribution in [2.24, 2.45) is 0 Å². The average molecular weight is 292 g/mol. The number of aromatic nitrogens is 2. The summed E-state index contributed by atoms with van der Waals surface area (Å²) in [6.07, 6.45) is 2.50. The fourth-order valence-corrected chi connectivity index (χ4v) is 3.72. The first-order valence-electron chi connectivity index (χ1n) is 7.68. The normalized spacial score (nSPS) is 22.9. The molecule has 1 aromatic rings. The van der Waals surface area contributed by atoms with E-state index in [0.717, 1.165) is 37.1 Å². The van der Waals surface area contributed by atoms with Gasteiger partial charge in [0.25, 0.3) is 0 Å². The van der Waals surface area contributed by atoms with Crippen LogP contribution in [0.4, 0.5) is 11.6 Å². The van der Waals surface area contributed by atoms with Gasteiger partial charge < -0.3 is 10.2 Å². The SMILES string of the molecule is CCNc1nc(C2CC2)nc(N2CCSC(C)C2)c1C. The van der Waals surface area contributed by atoms with E-state index < -0.39 is 0 Å². The first kappa shape index (κ1) is 14.0. The van der Waals surface area contributed by atoms with Gasteiger partial charge in [-0.2, -0.15) is 11.8 Å². The topological polar surface area (TPSA) is 41.1 Å². The van der Waals surface area contributed by atoms with Crippen LogP contribution in [0.1, 0.15) is 44.0 Å². The maximum Gasteiger partial charge on any atom is 0.137 e. The third-order valence-corrected chi connectivity index (χ3v) is 5.10. The first-order valence-corrected chi connectivity index (χ1v) is 8.73. The molecule has 1 aliphatic carbocycles. The van der Waals surface area contributed by atoms with Crippen molar-refractivity contribution in [2.75, 3.05) is 35.6 Å². The van der Waals surface area contributed by atoms with Crippen molar-refractivity contribution >= 4 is 23.4 Å². The molecule has 0 amide bonds. The summed E-state index contributed by atoms with van der Waals surface area (Å²) in [5.74, 6) is 5.03. The highest BCUT2D eigenvalue weighted by molar-refractivity contribution is 8.00. The lowest BCUT2D eigenvalue weighted by Gasteiger charge is -2.33. The van der Waals surface area contributed by atoms with E-state index in [4.69, 9.17) is 9.97 Å². The Morgan fingerprint density at radius 3 is 2.80 bits per heavy atom. The van der Waals surface area contributed by atoms with Gasteiger partial charge in [-0.15, -0.1) is 0 Å². The third kappa shape index (κ3) is 2.87. The Balaban J connectivity index is 1.94. The first-order chi connectivity index (χ1) is 9.69. The summed E-state index contributed by atoms with van der Waals surface area (Å²) in [5, 5.41) is 4.09. The predicted molar refractivity (Wildman–Crippen MR) is 87.0 cm³/mol. The molecule has 2 fully saturated rings. The van der Waals surface area contributed by atoms with Crippen molar-refractivity contribution in [3.63, 3.8) is 0 Å². The molecule has 110 valence electrons. The molecule has 5 heteroatoms. The highest BCUT2D eigenvalue weighted by atomic mass is 32.2. The molecular weight excluding hydrogens is 268 g/mol. The zero-order valence-electron chi connectivity index (χ0n) is 12.6. The number of anilines is 2. The van der Waals surface area contributed by atoms with Crippen LogP contribution in [0.25, 0.3) is 0 Å². The minimum atomic E-state index is 0.600. The minimum absolute atomic E-state index is 0.600. The molecular formula is C15H24N4S. The minimum Gasteiger partial charge on any atom is -0.370 e. The Morgan fingerprint density at radius 2 is 2.15 bits per heavy atom. The molecule has 1 unspecified atom stereocenters. The fraction of sp³-hybridized carbons (Fsp3) is 0.733. The Labute approximate surface area is 125 Å². The molecule has 0 radical (unpaired) electrons. The molecule has 0 bridgehead atoms. The zero-order valence-corrected chi connectivity index (χ0v) is 13.5. The van der Waals surface area contributed by atoms with E-state index in [0.29, 0.717) is 11.2 Å². The molecule has 2 heterocycles. The Hall–Kier alpha value is -0.970. The van der Waals surface area contributed by atoms with Crippen molar-refractivity contribution in [1.82, 2.24) is 9.97 Å². The summed E-state index contributed by atoms with van der Waals surface area (Å²) in [6, 6.07) is 0. The Morgan fingerprint density at radius 1 is 1.35 bits per heavy atom. The van der Waals surface area contributed by atoms with Gasteiger partial charge in [-0.05, 0) is 26.7 Å². The van der Waals surface area contributed by atoms with Crippen molar-refractivity contribution in [1.29, 1.82) is 0 Å². The molecule has 1 saturated carbocycles. The summed E-state index contributed by atoms with van der Waals surface area (Å²) < 4.78 is 0. The molecule has 3 rings (SSSR count). The number of thioether (sulfide) groups is 1. The summed E-state index contributed by atoms with van der Waals surface area (Å²) in [5.41, 5.74) is 1.20. The second-order valence-electron chi connectivity index (χ2n) is 5.81. The largest absolute Gasteiger partial charge is 0.370 e. The zero-order chi connectivity index (χ0) is 14.1. The summed E-state index contributed by atoms with van der Waals surface area (Å²) >= 11 is 2.06. The molecule has 1 saturated heterocycles. The van der Waals surface area contributed by atoms with Crippen LogP contribution in [0.2, 0.25) is 0 Å². The smallest absolute Gasteiger partial charge is 0.137 e. The maximum absolute atomic E-state index is 4.90. The lowest BCUT2D eigenvalue weighted by atomic mass is 10.2. The van der Waals surface area contributed by atoms with Crippen molar-refractivity contribution in [2.45, 2.75) is 44.8 Å². The van der Waals surface area contributed by atoms with Crippen LogP contribution < -0.4 is 10.2 Å². The van der Waals surface area contributed by atoms with Crippen molar-refractivity contribution < 1.29 is 0 Å². The van der Waals surface area contributed by atoms with E-state index in [1.807, 2.05) is 0 Å². The second-order valence-corrected chi connectivity index (χ2v) is 7.36. The lowest BCUT2D eigenvalue weighted by molar-refractivity contribution is 0.755. The molecule has 0 aromatic carbocycles. The number of rotatable bonds is 4. The van der Waals surface area contributed by atoms with Gasteiger partial charge in [0.1, 0.15) is 17.5 Å². The van der Waals surface area contributed by atoms with Crippen LogP contribution in [0, 0.1) is 6.92 Å². The lowest BCUT2D eigenvalue weighted by Crippen LogP contribution is -2.38. The average Bonchev–Trinajstić information content (AvgIpc) is 3.26. The van der Waals surface area contributed by atoms with Crippen LogP contribution in [-0.4, -0.2) is 40.6 Å². The third-order valence-electron chi connectivity index (χ3n) is 3.96. The Kier molecular flexibility index (Phi) is 4.06. The standard InChI is InChI=1S/C15H24N4S/c1-4-16-13-11(3)15(18-14(17-13)12-5-6-12)19-7-8-20-10(2)9-19/h10,12H,4-9H2,1-3H3,(H,16,17,18). The number of nitrogens with zero attached hydrogens (tertiary/aromatic N) is 3. The second kappa shape index (κ2) is 5.80. The highest BCUT2D eigenvalue weighted by Gasteiger charge is 2.29. The summed E-state index contributed by atoms with van der Waals surface area (Å²) in [4.78, 5) is 12.1.